The Hall–Kier alpha value is -1.41. The summed E-state index contributed by atoms with van der Waals surface area (Å²) in [5.74, 6) is 0.647. The summed E-state index contributed by atoms with van der Waals surface area (Å²) in [5, 5.41) is 12.2. The van der Waals surface area contributed by atoms with Crippen molar-refractivity contribution in [3.05, 3.63) is 10.7 Å². The fraction of sp³-hybridized carbons (Fsp3) is 0.538. The minimum Gasteiger partial charge on any atom is -0.410 e. The number of aromatic nitrogens is 3. The third kappa shape index (κ3) is 4.53. The van der Waals surface area contributed by atoms with Crippen molar-refractivity contribution in [2.45, 2.75) is 45.4 Å². The molecule has 2 rings (SSSR count). The summed E-state index contributed by atoms with van der Waals surface area (Å²) in [7, 11) is 0. The molecule has 0 spiro atoms. The third-order valence-corrected chi connectivity index (χ3v) is 4.22. The molecule has 0 fully saturated rings. The molecule has 2 heterocycles. The Morgan fingerprint density at radius 1 is 1.33 bits per heavy atom. The summed E-state index contributed by atoms with van der Waals surface area (Å²) in [4.78, 5) is 16.9. The molecule has 0 unspecified atom stereocenters. The Kier molecular flexibility index (Phi) is 4.67. The second-order valence-corrected chi connectivity index (χ2v) is 7.74. The van der Waals surface area contributed by atoms with E-state index in [2.05, 4.69) is 20.5 Å². The van der Waals surface area contributed by atoms with Crippen LogP contribution in [0.2, 0.25) is 0 Å². The molecule has 0 aliphatic heterocycles. The number of carbonyl (C=O) groups is 1. The van der Waals surface area contributed by atoms with Crippen molar-refractivity contribution < 1.29 is 9.21 Å². The van der Waals surface area contributed by atoms with E-state index >= 15 is 0 Å². The first kappa shape index (κ1) is 16.0. The van der Waals surface area contributed by atoms with Crippen LogP contribution in [0.15, 0.2) is 9.64 Å². The molecule has 0 saturated carbocycles. The molecule has 0 aromatic carbocycles. The fourth-order valence-electron chi connectivity index (χ4n) is 1.67. The Bertz CT molecular complexity index is 643. The first-order valence-corrected chi connectivity index (χ1v) is 8.26. The molecular formula is C13H18N4O2S2. The Morgan fingerprint density at radius 2 is 2.05 bits per heavy atom. The van der Waals surface area contributed by atoms with Crippen LogP contribution in [0.4, 0.5) is 0 Å². The van der Waals surface area contributed by atoms with Gasteiger partial charge in [0.15, 0.2) is 0 Å². The molecule has 1 N–H and O–H groups in total. The van der Waals surface area contributed by atoms with Gasteiger partial charge in [-0.3, -0.25) is 4.79 Å². The Balaban J connectivity index is 1.98. The van der Waals surface area contributed by atoms with Crippen LogP contribution in [0.25, 0.3) is 10.8 Å². The maximum Gasteiger partial charge on any atom is 0.277 e. The highest BCUT2D eigenvalue weighted by atomic mass is 32.2. The highest BCUT2D eigenvalue weighted by molar-refractivity contribution is 7.99. The van der Waals surface area contributed by atoms with Crippen LogP contribution in [0.3, 0.4) is 0 Å². The fourth-order valence-corrected chi connectivity index (χ4v) is 3.08. The van der Waals surface area contributed by atoms with E-state index in [0.29, 0.717) is 11.1 Å². The van der Waals surface area contributed by atoms with E-state index in [9.17, 15) is 4.79 Å². The number of thiazole rings is 1. The summed E-state index contributed by atoms with van der Waals surface area (Å²) in [5.41, 5.74) is 0.637. The van der Waals surface area contributed by atoms with E-state index in [1.165, 1.54) is 23.1 Å². The van der Waals surface area contributed by atoms with Crippen molar-refractivity contribution in [1.29, 1.82) is 0 Å². The quantitative estimate of drug-likeness (QED) is 0.870. The van der Waals surface area contributed by atoms with Crippen LogP contribution in [-0.2, 0) is 4.79 Å². The summed E-state index contributed by atoms with van der Waals surface area (Å²) < 4.78 is 5.58. The van der Waals surface area contributed by atoms with Crippen molar-refractivity contribution in [3.63, 3.8) is 0 Å². The van der Waals surface area contributed by atoms with Gasteiger partial charge >= 0.3 is 0 Å². The molecular weight excluding hydrogens is 308 g/mol. The standard InChI is InChI=1S/C13H18N4O2S2/c1-7-10(21-8(2)14-7)11-16-17-12(19-11)20-6-9(18)15-13(3,4)5/h6H2,1-5H3,(H,15,18). The maximum atomic E-state index is 11.7. The van der Waals surface area contributed by atoms with Crippen LogP contribution < -0.4 is 5.32 Å². The largest absolute Gasteiger partial charge is 0.410 e. The summed E-state index contributed by atoms with van der Waals surface area (Å²) in [6, 6.07) is 0. The molecule has 8 heteroatoms. The van der Waals surface area contributed by atoms with Crippen LogP contribution >= 0.6 is 23.1 Å². The lowest BCUT2D eigenvalue weighted by atomic mass is 10.1. The molecule has 0 aliphatic rings. The number of aryl methyl sites for hydroxylation is 2. The number of nitrogens with one attached hydrogen (secondary N) is 1. The van der Waals surface area contributed by atoms with Gasteiger partial charge in [0.1, 0.15) is 4.88 Å². The first-order valence-electron chi connectivity index (χ1n) is 6.46. The number of carbonyl (C=O) groups excluding carboxylic acids is 1. The monoisotopic (exact) mass is 326 g/mol. The van der Waals surface area contributed by atoms with E-state index in [0.717, 1.165) is 15.6 Å². The molecule has 2 aromatic heterocycles. The summed E-state index contributed by atoms with van der Waals surface area (Å²) >= 11 is 2.75. The number of thioether (sulfide) groups is 1. The predicted molar refractivity (Wildman–Crippen MR) is 83.5 cm³/mol. The highest BCUT2D eigenvalue weighted by Gasteiger charge is 2.17. The molecule has 2 aromatic rings. The SMILES string of the molecule is Cc1nc(C)c(-c2nnc(SCC(=O)NC(C)(C)C)o2)s1. The van der Waals surface area contributed by atoms with Gasteiger partial charge in [-0.05, 0) is 34.6 Å². The predicted octanol–water partition coefficient (Wildman–Crippen LogP) is 2.82. The van der Waals surface area contributed by atoms with Gasteiger partial charge in [-0.2, -0.15) is 0 Å². The number of hydrogen-bond acceptors (Lipinski definition) is 7. The van der Waals surface area contributed by atoms with Crippen molar-refractivity contribution in [3.8, 4) is 10.8 Å². The zero-order valence-corrected chi connectivity index (χ0v) is 14.3. The lowest BCUT2D eigenvalue weighted by molar-refractivity contribution is -0.119. The van der Waals surface area contributed by atoms with Gasteiger partial charge < -0.3 is 9.73 Å². The van der Waals surface area contributed by atoms with Gasteiger partial charge in [0.05, 0.1) is 16.5 Å². The van der Waals surface area contributed by atoms with Crippen LogP contribution in [-0.4, -0.2) is 32.4 Å². The molecule has 1 amide bonds. The second kappa shape index (κ2) is 6.15. The number of rotatable bonds is 4. The van der Waals surface area contributed by atoms with E-state index in [4.69, 9.17) is 4.42 Å². The second-order valence-electron chi connectivity index (χ2n) is 5.61. The maximum absolute atomic E-state index is 11.7. The van der Waals surface area contributed by atoms with Crippen LogP contribution in [0.5, 0.6) is 0 Å². The first-order chi connectivity index (χ1) is 9.74. The average molecular weight is 326 g/mol. The van der Waals surface area contributed by atoms with Gasteiger partial charge in [0, 0.05) is 5.54 Å². The van der Waals surface area contributed by atoms with Gasteiger partial charge in [0.25, 0.3) is 11.1 Å². The smallest absolute Gasteiger partial charge is 0.277 e. The molecule has 0 atom stereocenters. The average Bonchev–Trinajstić information content (AvgIpc) is 2.91. The summed E-state index contributed by atoms with van der Waals surface area (Å²) in [6.45, 7) is 9.66. The lowest BCUT2D eigenvalue weighted by Crippen LogP contribution is -2.41. The molecule has 0 aliphatic carbocycles. The molecule has 0 radical (unpaired) electrons. The summed E-state index contributed by atoms with van der Waals surface area (Å²) in [6.07, 6.45) is 0. The van der Waals surface area contributed by atoms with Crippen molar-refractivity contribution in [2.75, 3.05) is 5.75 Å². The van der Waals surface area contributed by atoms with Gasteiger partial charge in [-0.1, -0.05) is 11.8 Å². The lowest BCUT2D eigenvalue weighted by Gasteiger charge is -2.19. The Morgan fingerprint density at radius 3 is 2.62 bits per heavy atom. The van der Waals surface area contributed by atoms with E-state index in [1.54, 1.807) is 0 Å². The normalized spacial score (nSPS) is 11.7. The van der Waals surface area contributed by atoms with E-state index < -0.39 is 0 Å². The van der Waals surface area contributed by atoms with Crippen molar-refractivity contribution in [2.24, 2.45) is 0 Å². The highest BCUT2D eigenvalue weighted by Crippen LogP contribution is 2.30. The third-order valence-electron chi connectivity index (χ3n) is 2.35. The number of nitrogens with zero attached hydrogens (tertiary/aromatic N) is 3. The molecule has 114 valence electrons. The zero-order valence-electron chi connectivity index (χ0n) is 12.7. The topological polar surface area (TPSA) is 80.9 Å². The van der Waals surface area contributed by atoms with E-state index in [1.807, 2.05) is 34.6 Å². The van der Waals surface area contributed by atoms with Gasteiger partial charge in [-0.15, -0.1) is 21.5 Å². The minimum absolute atomic E-state index is 0.0583. The molecule has 6 nitrogen and oxygen atoms in total. The van der Waals surface area contributed by atoms with Crippen LogP contribution in [0.1, 0.15) is 31.5 Å². The number of hydrogen-bond donors (Lipinski definition) is 1. The minimum atomic E-state index is -0.241. The molecule has 21 heavy (non-hydrogen) atoms. The van der Waals surface area contributed by atoms with Crippen molar-refractivity contribution in [1.82, 2.24) is 20.5 Å². The molecule has 0 bridgehead atoms. The van der Waals surface area contributed by atoms with Gasteiger partial charge in [-0.25, -0.2) is 4.98 Å². The zero-order chi connectivity index (χ0) is 15.6. The Labute approximate surface area is 131 Å². The van der Waals surface area contributed by atoms with E-state index in [-0.39, 0.29) is 17.2 Å². The van der Waals surface area contributed by atoms with Crippen molar-refractivity contribution >= 4 is 29.0 Å². The number of amides is 1. The van der Waals surface area contributed by atoms with Crippen LogP contribution in [0, 0.1) is 13.8 Å². The van der Waals surface area contributed by atoms with Gasteiger partial charge in [0.2, 0.25) is 5.91 Å². The molecule has 0 saturated heterocycles.